The molecule has 7 atom stereocenters. The fraction of sp³-hybridized carbons (Fsp3) is 1.00. The summed E-state index contributed by atoms with van der Waals surface area (Å²) in [6.07, 6.45) is 2.95. The zero-order chi connectivity index (χ0) is 11.4. The van der Waals surface area contributed by atoms with Crippen molar-refractivity contribution in [3.05, 3.63) is 0 Å². The minimum atomic E-state index is 0.683. The fourth-order valence-corrected chi connectivity index (χ4v) is 4.15. The minimum absolute atomic E-state index is 0.683. The molecule has 0 aromatic heterocycles. The normalized spacial score (nSPS) is 56.8. The van der Waals surface area contributed by atoms with Crippen LogP contribution >= 0.6 is 0 Å². The van der Waals surface area contributed by atoms with Gasteiger partial charge < -0.3 is 0 Å². The molecule has 15 heavy (non-hydrogen) atoms. The van der Waals surface area contributed by atoms with Crippen LogP contribution in [0.1, 0.15) is 54.4 Å². The minimum Gasteiger partial charge on any atom is -0.0622 e. The maximum atomic E-state index is 2.52. The molecule has 7 unspecified atom stereocenters. The van der Waals surface area contributed by atoms with Gasteiger partial charge >= 0.3 is 0 Å². The van der Waals surface area contributed by atoms with E-state index < -0.39 is 0 Å². The Bertz CT molecular complexity index is 244. The highest BCUT2D eigenvalue weighted by Crippen LogP contribution is 2.62. The molecule has 2 aliphatic rings. The molecule has 0 N–H and O–H groups in total. The maximum Gasteiger partial charge on any atom is -0.0269 e. The van der Waals surface area contributed by atoms with Gasteiger partial charge in [0.15, 0.2) is 0 Å². The lowest BCUT2D eigenvalue weighted by Crippen LogP contribution is -2.24. The Morgan fingerprint density at radius 2 is 1.60 bits per heavy atom. The van der Waals surface area contributed by atoms with Crippen molar-refractivity contribution in [3.63, 3.8) is 0 Å². The van der Waals surface area contributed by atoms with Gasteiger partial charge in [0.2, 0.25) is 0 Å². The highest BCUT2D eigenvalue weighted by Gasteiger charge is 2.54. The first-order chi connectivity index (χ1) is 6.88. The molecule has 0 aliphatic heterocycles. The highest BCUT2D eigenvalue weighted by atomic mass is 14.6. The topological polar surface area (TPSA) is 0 Å². The van der Waals surface area contributed by atoms with Gasteiger partial charge in [-0.05, 0) is 53.8 Å². The van der Waals surface area contributed by atoms with Crippen molar-refractivity contribution in [1.29, 1.82) is 0 Å². The highest BCUT2D eigenvalue weighted by molar-refractivity contribution is 5.03. The first kappa shape index (κ1) is 11.5. The van der Waals surface area contributed by atoms with E-state index >= 15 is 0 Å². The molecule has 2 saturated carbocycles. The summed E-state index contributed by atoms with van der Waals surface area (Å²) >= 11 is 0. The van der Waals surface area contributed by atoms with Crippen LogP contribution in [0.2, 0.25) is 0 Å². The Balaban J connectivity index is 2.06. The third-order valence-corrected chi connectivity index (χ3v) is 6.44. The third-order valence-electron chi connectivity index (χ3n) is 6.44. The molecule has 0 bridgehead atoms. The van der Waals surface area contributed by atoms with E-state index in [1.54, 1.807) is 0 Å². The molecule has 0 spiro atoms. The van der Waals surface area contributed by atoms with Crippen molar-refractivity contribution in [2.24, 2.45) is 40.9 Å². The Morgan fingerprint density at radius 1 is 1.07 bits per heavy atom. The summed E-state index contributed by atoms with van der Waals surface area (Å²) in [6, 6.07) is 0. The van der Waals surface area contributed by atoms with Gasteiger partial charge in [0, 0.05) is 0 Å². The zero-order valence-electron chi connectivity index (χ0n) is 11.4. The van der Waals surface area contributed by atoms with Gasteiger partial charge in [0.05, 0.1) is 0 Å². The fourth-order valence-electron chi connectivity index (χ4n) is 4.15. The zero-order valence-corrected chi connectivity index (χ0v) is 11.4. The summed E-state index contributed by atoms with van der Waals surface area (Å²) < 4.78 is 0. The van der Waals surface area contributed by atoms with Crippen molar-refractivity contribution in [2.45, 2.75) is 54.4 Å². The molecular weight excluding hydrogens is 180 g/mol. The predicted molar refractivity (Wildman–Crippen MR) is 66.7 cm³/mol. The van der Waals surface area contributed by atoms with Crippen LogP contribution in [0.4, 0.5) is 0 Å². The Labute approximate surface area is 95.8 Å². The summed E-state index contributed by atoms with van der Waals surface area (Å²) in [5.74, 6) is 5.74. The largest absolute Gasteiger partial charge is 0.0622 e. The van der Waals surface area contributed by atoms with Gasteiger partial charge in [0.25, 0.3) is 0 Å². The van der Waals surface area contributed by atoms with Gasteiger partial charge in [-0.1, -0.05) is 41.5 Å². The van der Waals surface area contributed by atoms with Crippen molar-refractivity contribution in [2.75, 3.05) is 0 Å². The van der Waals surface area contributed by atoms with Gasteiger partial charge in [-0.2, -0.15) is 0 Å². The van der Waals surface area contributed by atoms with Crippen LogP contribution in [0.25, 0.3) is 0 Å². The lowest BCUT2D eigenvalue weighted by Gasteiger charge is -2.30. The molecule has 0 radical (unpaired) electrons. The van der Waals surface area contributed by atoms with E-state index in [2.05, 4.69) is 41.5 Å². The monoisotopic (exact) mass is 208 g/mol. The van der Waals surface area contributed by atoms with E-state index in [1.165, 1.54) is 12.8 Å². The molecule has 0 heteroatoms. The van der Waals surface area contributed by atoms with E-state index in [4.69, 9.17) is 0 Å². The lowest BCUT2D eigenvalue weighted by atomic mass is 9.75. The van der Waals surface area contributed by atoms with Crippen LogP contribution in [0, 0.1) is 40.9 Å². The first-order valence-electron chi connectivity index (χ1n) is 6.88. The molecule has 0 aromatic rings. The van der Waals surface area contributed by atoms with Crippen LogP contribution in [-0.2, 0) is 0 Å². The number of hydrogen-bond donors (Lipinski definition) is 0. The summed E-state index contributed by atoms with van der Waals surface area (Å²) in [6.45, 7) is 14.9. The maximum absolute atomic E-state index is 2.52. The predicted octanol–water partition coefficient (Wildman–Crippen LogP) is 4.60. The van der Waals surface area contributed by atoms with E-state index in [9.17, 15) is 0 Å². The number of hydrogen-bond acceptors (Lipinski definition) is 0. The average Bonchev–Trinajstić information content (AvgIpc) is 2.72. The molecule has 0 amide bonds. The molecular formula is C15H28. The average molecular weight is 208 g/mol. The number of rotatable bonds is 2. The summed E-state index contributed by atoms with van der Waals surface area (Å²) in [7, 11) is 0. The van der Waals surface area contributed by atoms with E-state index in [0.29, 0.717) is 5.41 Å². The van der Waals surface area contributed by atoms with E-state index in [0.717, 1.165) is 35.5 Å². The molecule has 2 fully saturated rings. The smallest absolute Gasteiger partial charge is 0.0269 e. The molecule has 2 aliphatic carbocycles. The van der Waals surface area contributed by atoms with Crippen molar-refractivity contribution in [1.82, 2.24) is 0 Å². The second-order valence-corrected chi connectivity index (χ2v) is 6.99. The summed E-state index contributed by atoms with van der Waals surface area (Å²) in [4.78, 5) is 0. The first-order valence-corrected chi connectivity index (χ1v) is 6.88. The molecule has 0 nitrogen and oxygen atoms in total. The second-order valence-electron chi connectivity index (χ2n) is 6.99. The van der Waals surface area contributed by atoms with E-state index in [-0.39, 0.29) is 0 Å². The Hall–Kier alpha value is 0. The van der Waals surface area contributed by atoms with Crippen LogP contribution in [0.15, 0.2) is 0 Å². The van der Waals surface area contributed by atoms with Gasteiger partial charge in [-0.3, -0.25) is 0 Å². The molecule has 0 saturated heterocycles. The molecule has 0 aromatic carbocycles. The van der Waals surface area contributed by atoms with Gasteiger partial charge in [-0.15, -0.1) is 0 Å². The molecule has 2 rings (SSSR count). The third kappa shape index (κ3) is 1.65. The second kappa shape index (κ2) is 3.50. The SMILES string of the molecule is CC1CC(C(C)C2(C)CC2C)C(C)C1C. The standard InChI is InChI=1S/C15H28/c1-9-7-14(12(4)11(9)3)13(5)15(6)8-10(15)2/h9-14H,7-8H2,1-6H3. The van der Waals surface area contributed by atoms with Crippen LogP contribution in [0.3, 0.4) is 0 Å². The quantitative estimate of drug-likeness (QED) is 0.622. The Morgan fingerprint density at radius 3 is 1.93 bits per heavy atom. The van der Waals surface area contributed by atoms with Crippen LogP contribution < -0.4 is 0 Å². The lowest BCUT2D eigenvalue weighted by molar-refractivity contribution is 0.180. The Kier molecular flexibility index (Phi) is 2.68. The van der Waals surface area contributed by atoms with E-state index in [1.807, 2.05) is 0 Å². The van der Waals surface area contributed by atoms with Crippen molar-refractivity contribution < 1.29 is 0 Å². The van der Waals surface area contributed by atoms with Gasteiger partial charge in [-0.25, -0.2) is 0 Å². The van der Waals surface area contributed by atoms with Crippen LogP contribution in [0.5, 0.6) is 0 Å². The summed E-state index contributed by atoms with van der Waals surface area (Å²) in [5, 5.41) is 0. The van der Waals surface area contributed by atoms with Crippen molar-refractivity contribution >= 4 is 0 Å². The molecule has 88 valence electrons. The molecule has 0 heterocycles. The summed E-state index contributed by atoms with van der Waals surface area (Å²) in [5.41, 5.74) is 0.683. The van der Waals surface area contributed by atoms with Crippen LogP contribution in [-0.4, -0.2) is 0 Å². The van der Waals surface area contributed by atoms with Crippen molar-refractivity contribution in [3.8, 4) is 0 Å². The van der Waals surface area contributed by atoms with Gasteiger partial charge in [0.1, 0.15) is 0 Å².